The summed E-state index contributed by atoms with van der Waals surface area (Å²) in [5.74, 6) is -0.783. The van der Waals surface area contributed by atoms with Crippen LogP contribution in [-0.2, 0) is 9.53 Å². The van der Waals surface area contributed by atoms with Gasteiger partial charge in [-0.2, -0.15) is 0 Å². The highest BCUT2D eigenvalue weighted by atomic mass is 16.5. The molecule has 0 aromatic heterocycles. The van der Waals surface area contributed by atoms with E-state index >= 15 is 0 Å². The largest absolute Gasteiger partial charge is 0.479 e. The SMILES string of the molecule is CC12CCOC(C(=O)O)(C1)C2. The Kier molecular flexibility index (Phi) is 1.15. The summed E-state index contributed by atoms with van der Waals surface area (Å²) in [4.78, 5) is 10.7. The van der Waals surface area contributed by atoms with Gasteiger partial charge < -0.3 is 9.84 Å². The third-order valence-corrected chi connectivity index (χ3v) is 2.90. The normalized spacial score (nSPS) is 48.1. The Bertz CT molecular complexity index is 203. The van der Waals surface area contributed by atoms with Gasteiger partial charge in [-0.25, -0.2) is 4.79 Å². The molecule has 11 heavy (non-hydrogen) atoms. The molecular formula is C8H12O3. The zero-order valence-corrected chi connectivity index (χ0v) is 6.59. The second-order valence-electron chi connectivity index (χ2n) is 4.06. The van der Waals surface area contributed by atoms with E-state index in [1.807, 2.05) is 0 Å². The lowest BCUT2D eigenvalue weighted by Crippen LogP contribution is -2.61. The molecule has 0 aromatic rings. The van der Waals surface area contributed by atoms with Crippen LogP contribution in [0, 0.1) is 5.41 Å². The molecule has 2 saturated heterocycles. The first-order valence-electron chi connectivity index (χ1n) is 3.94. The fourth-order valence-corrected chi connectivity index (χ4v) is 2.31. The van der Waals surface area contributed by atoms with Crippen LogP contribution in [0.3, 0.4) is 0 Å². The van der Waals surface area contributed by atoms with Gasteiger partial charge in [-0.3, -0.25) is 0 Å². The minimum atomic E-state index is -0.799. The van der Waals surface area contributed by atoms with Crippen molar-refractivity contribution in [3.63, 3.8) is 0 Å². The van der Waals surface area contributed by atoms with Gasteiger partial charge in [0.25, 0.3) is 0 Å². The van der Waals surface area contributed by atoms with Crippen LogP contribution in [0.1, 0.15) is 26.2 Å². The van der Waals surface area contributed by atoms with Crippen LogP contribution >= 0.6 is 0 Å². The van der Waals surface area contributed by atoms with Gasteiger partial charge in [0.2, 0.25) is 0 Å². The van der Waals surface area contributed by atoms with Crippen LogP contribution in [0.15, 0.2) is 0 Å². The van der Waals surface area contributed by atoms with Gasteiger partial charge in [-0.15, -0.1) is 0 Å². The molecule has 2 heterocycles. The lowest BCUT2D eigenvalue weighted by atomic mass is 9.57. The van der Waals surface area contributed by atoms with Gasteiger partial charge in [0.05, 0.1) is 0 Å². The highest BCUT2D eigenvalue weighted by molar-refractivity contribution is 5.79. The van der Waals surface area contributed by atoms with Crippen LogP contribution in [0.2, 0.25) is 0 Å². The Morgan fingerprint density at radius 2 is 2.18 bits per heavy atom. The van der Waals surface area contributed by atoms with Crippen molar-refractivity contribution in [1.82, 2.24) is 0 Å². The van der Waals surface area contributed by atoms with Gasteiger partial charge in [-0.05, 0) is 24.7 Å². The van der Waals surface area contributed by atoms with E-state index in [9.17, 15) is 4.79 Å². The van der Waals surface area contributed by atoms with Crippen LogP contribution in [-0.4, -0.2) is 23.3 Å². The summed E-state index contributed by atoms with van der Waals surface area (Å²) in [6.07, 6.45) is 2.42. The minimum absolute atomic E-state index is 0.261. The number of hydrogen-bond donors (Lipinski definition) is 1. The van der Waals surface area contributed by atoms with Crippen molar-refractivity contribution < 1.29 is 14.6 Å². The molecule has 0 unspecified atom stereocenters. The first-order valence-corrected chi connectivity index (χ1v) is 3.94. The number of carboxylic acids is 1. The molecule has 0 aromatic carbocycles. The molecule has 0 atom stereocenters. The molecule has 0 spiro atoms. The van der Waals surface area contributed by atoms with E-state index in [2.05, 4.69) is 6.92 Å². The number of ether oxygens (including phenoxy) is 1. The van der Waals surface area contributed by atoms with E-state index in [4.69, 9.17) is 9.84 Å². The first kappa shape index (κ1) is 7.10. The van der Waals surface area contributed by atoms with Gasteiger partial charge >= 0.3 is 5.97 Å². The molecule has 2 bridgehead atoms. The zero-order valence-electron chi connectivity index (χ0n) is 6.59. The number of rotatable bonds is 1. The topological polar surface area (TPSA) is 46.5 Å². The van der Waals surface area contributed by atoms with Crippen molar-refractivity contribution >= 4 is 5.97 Å². The Hall–Kier alpha value is -0.570. The van der Waals surface area contributed by atoms with Crippen LogP contribution in [0.25, 0.3) is 0 Å². The molecule has 2 aliphatic heterocycles. The van der Waals surface area contributed by atoms with Gasteiger partial charge in [0, 0.05) is 6.61 Å². The van der Waals surface area contributed by atoms with Crippen molar-refractivity contribution in [2.24, 2.45) is 5.41 Å². The summed E-state index contributed by atoms with van der Waals surface area (Å²) in [7, 11) is 0. The van der Waals surface area contributed by atoms with Gasteiger partial charge in [0.15, 0.2) is 5.60 Å². The summed E-state index contributed by atoms with van der Waals surface area (Å²) >= 11 is 0. The predicted octanol–water partition coefficient (Wildman–Crippen LogP) is 1.03. The number of fused-ring (bicyclic) bond motifs is 2. The monoisotopic (exact) mass is 156 g/mol. The maximum atomic E-state index is 10.7. The number of aliphatic carboxylic acids is 1. The second kappa shape index (κ2) is 1.78. The number of carboxylic acid groups (broad SMARTS) is 1. The summed E-state index contributed by atoms with van der Waals surface area (Å²) in [5.41, 5.74) is -0.538. The fraction of sp³-hybridized carbons (Fsp3) is 0.875. The average Bonchev–Trinajstić information content (AvgIpc) is 1.85. The summed E-state index contributed by atoms with van der Waals surface area (Å²) in [6, 6.07) is 0. The first-order chi connectivity index (χ1) is 5.06. The summed E-state index contributed by atoms with van der Waals surface area (Å²) in [5, 5.41) is 8.82. The lowest BCUT2D eigenvalue weighted by Gasteiger charge is -2.56. The molecule has 3 fully saturated rings. The van der Waals surface area contributed by atoms with Crippen molar-refractivity contribution in [1.29, 1.82) is 0 Å². The molecule has 3 rings (SSSR count). The van der Waals surface area contributed by atoms with E-state index in [1.54, 1.807) is 0 Å². The van der Waals surface area contributed by atoms with E-state index < -0.39 is 11.6 Å². The molecule has 62 valence electrons. The predicted molar refractivity (Wildman–Crippen MR) is 38.3 cm³/mol. The molecule has 3 nitrogen and oxygen atoms in total. The minimum Gasteiger partial charge on any atom is -0.479 e. The van der Waals surface area contributed by atoms with Crippen molar-refractivity contribution in [3.05, 3.63) is 0 Å². The highest BCUT2D eigenvalue weighted by Gasteiger charge is 2.60. The molecule has 1 saturated carbocycles. The number of hydrogen-bond acceptors (Lipinski definition) is 2. The third kappa shape index (κ3) is 0.805. The maximum Gasteiger partial charge on any atom is 0.336 e. The van der Waals surface area contributed by atoms with Crippen molar-refractivity contribution in [2.75, 3.05) is 6.61 Å². The van der Waals surface area contributed by atoms with Gasteiger partial charge in [0.1, 0.15) is 0 Å². The average molecular weight is 156 g/mol. The quantitative estimate of drug-likeness (QED) is 0.616. The molecular weight excluding hydrogens is 144 g/mol. The van der Waals surface area contributed by atoms with Crippen molar-refractivity contribution in [2.45, 2.75) is 31.8 Å². The Labute approximate surface area is 65.4 Å². The lowest BCUT2D eigenvalue weighted by molar-refractivity contribution is -0.230. The summed E-state index contributed by atoms with van der Waals surface area (Å²) in [6.45, 7) is 2.75. The van der Waals surface area contributed by atoms with Crippen LogP contribution in [0.5, 0.6) is 0 Å². The Morgan fingerprint density at radius 3 is 2.55 bits per heavy atom. The third-order valence-electron chi connectivity index (χ3n) is 2.90. The fourth-order valence-electron chi connectivity index (χ4n) is 2.31. The molecule has 3 aliphatic rings. The second-order valence-corrected chi connectivity index (χ2v) is 4.06. The van der Waals surface area contributed by atoms with Crippen LogP contribution in [0.4, 0.5) is 0 Å². The van der Waals surface area contributed by atoms with E-state index in [0.717, 1.165) is 6.42 Å². The molecule has 1 N–H and O–H groups in total. The maximum absolute atomic E-state index is 10.7. The van der Waals surface area contributed by atoms with E-state index in [1.165, 1.54) is 0 Å². The molecule has 1 aliphatic carbocycles. The summed E-state index contributed by atoms with van der Waals surface area (Å²) < 4.78 is 5.26. The molecule has 3 heteroatoms. The standard InChI is InChI=1S/C8H12O3/c1-7-2-3-11-8(4-7,5-7)6(9)10/h2-5H2,1H3,(H,9,10). The zero-order chi connectivity index (χ0) is 8.11. The molecule has 0 amide bonds. The van der Waals surface area contributed by atoms with E-state index in [0.29, 0.717) is 19.4 Å². The Balaban J connectivity index is 2.16. The number of carbonyl (C=O) groups is 1. The smallest absolute Gasteiger partial charge is 0.336 e. The van der Waals surface area contributed by atoms with E-state index in [-0.39, 0.29) is 5.41 Å². The highest BCUT2D eigenvalue weighted by Crippen LogP contribution is 2.56. The van der Waals surface area contributed by atoms with Crippen molar-refractivity contribution in [3.8, 4) is 0 Å². The van der Waals surface area contributed by atoms with Gasteiger partial charge in [-0.1, -0.05) is 6.92 Å². The van der Waals surface area contributed by atoms with Crippen LogP contribution < -0.4 is 0 Å². The molecule has 0 radical (unpaired) electrons. The Morgan fingerprint density at radius 1 is 1.55 bits per heavy atom.